The molecule has 0 aliphatic carbocycles. The number of carboxylic acid groups (broad SMARTS) is 2. The van der Waals surface area contributed by atoms with Crippen LogP contribution in [0.5, 0.6) is 11.5 Å². The largest absolute Gasteiger partial charge is 0.493 e. The Morgan fingerprint density at radius 3 is 2.06 bits per heavy atom. The van der Waals surface area contributed by atoms with E-state index in [1.54, 1.807) is 20.3 Å². The number of hydrogen-bond acceptors (Lipinski definition) is 8. The van der Waals surface area contributed by atoms with Gasteiger partial charge in [0.25, 0.3) is 0 Å². The molecule has 2 aromatic rings. The molecule has 2 aliphatic rings. The van der Waals surface area contributed by atoms with Crippen LogP contribution >= 0.6 is 0 Å². The molecule has 32 heavy (non-hydrogen) atoms. The summed E-state index contributed by atoms with van der Waals surface area (Å²) in [7, 11) is 3.11. The Hall–Kier alpha value is -3.30. The van der Waals surface area contributed by atoms with Crippen molar-refractivity contribution in [1.82, 2.24) is 9.97 Å². The van der Waals surface area contributed by atoms with Gasteiger partial charge in [0.15, 0.2) is 11.5 Å². The molecule has 2 N–H and O–H groups in total. The summed E-state index contributed by atoms with van der Waals surface area (Å²) in [6, 6.07) is 3.59. The van der Waals surface area contributed by atoms with E-state index in [0.717, 1.165) is 18.2 Å². The summed E-state index contributed by atoms with van der Waals surface area (Å²) < 4.78 is 10.9. The highest BCUT2D eigenvalue weighted by molar-refractivity contribution is 5.93. The normalized spacial score (nSPS) is 21.4. The molecule has 3 heterocycles. The first-order chi connectivity index (χ1) is 15.4. The van der Waals surface area contributed by atoms with Gasteiger partial charge in [-0.1, -0.05) is 0 Å². The van der Waals surface area contributed by atoms with Gasteiger partial charge in [0.1, 0.15) is 5.82 Å². The minimum Gasteiger partial charge on any atom is -0.493 e. The molecule has 2 atom stereocenters. The second kappa shape index (κ2) is 9.05. The van der Waals surface area contributed by atoms with E-state index in [9.17, 15) is 19.8 Å². The maximum atomic E-state index is 11.6. The van der Waals surface area contributed by atoms with Gasteiger partial charge in [0, 0.05) is 37.6 Å². The number of aromatic nitrogens is 2. The van der Waals surface area contributed by atoms with Crippen molar-refractivity contribution in [2.45, 2.75) is 25.7 Å². The van der Waals surface area contributed by atoms with Crippen LogP contribution in [-0.4, -0.2) is 72.5 Å². The number of carbonyl (C=O) groups is 2. The van der Waals surface area contributed by atoms with Crippen LogP contribution in [0.1, 0.15) is 25.7 Å². The molecule has 0 spiro atoms. The smallest absolute Gasteiger partial charge is 0.308 e. The lowest BCUT2D eigenvalue weighted by atomic mass is 9.98. The van der Waals surface area contributed by atoms with Crippen LogP contribution in [0.4, 0.5) is 11.8 Å². The van der Waals surface area contributed by atoms with Crippen molar-refractivity contribution in [3.63, 3.8) is 0 Å². The monoisotopic (exact) mass is 444 g/mol. The minimum absolute atomic E-state index is 0.339. The van der Waals surface area contributed by atoms with Gasteiger partial charge in [-0.3, -0.25) is 9.59 Å². The summed E-state index contributed by atoms with van der Waals surface area (Å²) in [5.74, 6) is -0.423. The fourth-order valence-corrected chi connectivity index (χ4v) is 4.54. The molecular weight excluding hydrogens is 416 g/mol. The summed E-state index contributed by atoms with van der Waals surface area (Å²) in [4.78, 5) is 36.6. The first kappa shape index (κ1) is 21.9. The van der Waals surface area contributed by atoms with Crippen LogP contribution in [0.15, 0.2) is 12.1 Å². The van der Waals surface area contributed by atoms with Crippen LogP contribution in [0, 0.1) is 11.8 Å². The van der Waals surface area contributed by atoms with E-state index in [1.165, 1.54) is 0 Å². The summed E-state index contributed by atoms with van der Waals surface area (Å²) in [5, 5.41) is 19.8. The van der Waals surface area contributed by atoms with Gasteiger partial charge in [0.2, 0.25) is 5.95 Å². The first-order valence-electron chi connectivity index (χ1n) is 10.8. The van der Waals surface area contributed by atoms with Gasteiger partial charge >= 0.3 is 11.9 Å². The van der Waals surface area contributed by atoms with Crippen molar-refractivity contribution in [2.75, 3.05) is 50.2 Å². The fraction of sp³-hybridized carbons (Fsp3) is 0.545. The first-order valence-corrected chi connectivity index (χ1v) is 10.8. The highest BCUT2D eigenvalue weighted by Gasteiger charge is 2.30. The number of methoxy groups -OCH3 is 2. The topological polar surface area (TPSA) is 125 Å². The van der Waals surface area contributed by atoms with E-state index in [2.05, 4.69) is 0 Å². The number of carboxylic acids is 2. The average Bonchev–Trinajstić information content (AvgIpc) is 2.82. The Balaban J connectivity index is 1.81. The average molecular weight is 444 g/mol. The van der Waals surface area contributed by atoms with Gasteiger partial charge in [0.05, 0.1) is 31.6 Å². The number of rotatable bonds is 6. The van der Waals surface area contributed by atoms with Crippen LogP contribution in [0.3, 0.4) is 0 Å². The molecular formula is C22H28N4O6. The molecule has 4 rings (SSSR count). The molecule has 0 amide bonds. The third-order valence-corrected chi connectivity index (χ3v) is 6.29. The molecule has 10 nitrogen and oxygen atoms in total. The molecule has 10 heteroatoms. The van der Waals surface area contributed by atoms with Crippen molar-refractivity contribution in [3.05, 3.63) is 12.1 Å². The summed E-state index contributed by atoms with van der Waals surface area (Å²) in [5.41, 5.74) is 0.637. The van der Waals surface area contributed by atoms with Crippen LogP contribution in [0.25, 0.3) is 10.9 Å². The van der Waals surface area contributed by atoms with E-state index in [-0.39, 0.29) is 0 Å². The second-order valence-electron chi connectivity index (χ2n) is 8.32. The summed E-state index contributed by atoms with van der Waals surface area (Å²) in [6.07, 6.45) is 2.75. The Morgan fingerprint density at radius 2 is 1.47 bits per heavy atom. The van der Waals surface area contributed by atoms with Crippen LogP contribution in [0.2, 0.25) is 0 Å². The molecule has 2 unspecified atom stereocenters. The molecule has 0 bridgehead atoms. The van der Waals surface area contributed by atoms with Gasteiger partial charge < -0.3 is 29.5 Å². The third kappa shape index (κ3) is 4.21. The Kier molecular flexibility index (Phi) is 6.20. The SMILES string of the molecule is COc1cc2nc(N3CCCC(C(=O)O)C3)nc(N3CCCC(C(=O)O)C3)c2cc1OC. The summed E-state index contributed by atoms with van der Waals surface area (Å²) >= 11 is 0. The number of piperidine rings is 2. The molecule has 2 fully saturated rings. The maximum absolute atomic E-state index is 11.6. The molecule has 1 aromatic heterocycles. The standard InChI is InChI=1S/C22H28N4O6/c1-31-17-9-15-16(10-18(17)32-2)23-22(26-8-4-6-14(12-26)21(29)30)24-19(15)25-7-3-5-13(11-25)20(27)28/h9-10,13-14H,3-8,11-12H2,1-2H3,(H,27,28)(H,29,30). The lowest BCUT2D eigenvalue weighted by Crippen LogP contribution is -2.41. The Labute approximate surface area is 185 Å². The number of nitrogens with zero attached hydrogens (tertiary/aromatic N) is 4. The van der Waals surface area contributed by atoms with Gasteiger partial charge in [-0.15, -0.1) is 0 Å². The van der Waals surface area contributed by atoms with Crippen molar-refractivity contribution in [2.24, 2.45) is 11.8 Å². The lowest BCUT2D eigenvalue weighted by molar-refractivity contribution is -0.142. The van der Waals surface area contributed by atoms with Crippen molar-refractivity contribution in [1.29, 1.82) is 0 Å². The summed E-state index contributed by atoms with van der Waals surface area (Å²) in [6.45, 7) is 2.04. The van der Waals surface area contributed by atoms with Gasteiger partial charge in [-0.2, -0.15) is 4.98 Å². The predicted molar refractivity (Wildman–Crippen MR) is 118 cm³/mol. The van der Waals surface area contributed by atoms with Crippen LogP contribution < -0.4 is 19.3 Å². The Bertz CT molecular complexity index is 1030. The van der Waals surface area contributed by atoms with Crippen molar-refractivity contribution < 1.29 is 29.3 Å². The second-order valence-corrected chi connectivity index (χ2v) is 8.32. The van der Waals surface area contributed by atoms with Crippen molar-refractivity contribution in [3.8, 4) is 11.5 Å². The molecule has 172 valence electrons. The van der Waals surface area contributed by atoms with E-state index in [1.807, 2.05) is 15.9 Å². The van der Waals surface area contributed by atoms with Crippen molar-refractivity contribution >= 4 is 34.6 Å². The zero-order chi connectivity index (χ0) is 22.8. The maximum Gasteiger partial charge on any atom is 0.308 e. The van der Waals surface area contributed by atoms with E-state index < -0.39 is 23.8 Å². The zero-order valence-corrected chi connectivity index (χ0v) is 18.3. The highest BCUT2D eigenvalue weighted by Crippen LogP contribution is 2.37. The van der Waals surface area contributed by atoms with Gasteiger partial charge in [-0.05, 0) is 31.7 Å². The molecule has 0 radical (unpaired) electrons. The highest BCUT2D eigenvalue weighted by atomic mass is 16.5. The fourth-order valence-electron chi connectivity index (χ4n) is 4.54. The van der Waals surface area contributed by atoms with E-state index >= 15 is 0 Å². The number of aliphatic carboxylic acids is 2. The molecule has 2 aliphatic heterocycles. The lowest BCUT2D eigenvalue weighted by Gasteiger charge is -2.34. The Morgan fingerprint density at radius 1 is 0.906 bits per heavy atom. The predicted octanol–water partition coefficient (Wildman–Crippen LogP) is 2.25. The van der Waals surface area contributed by atoms with E-state index in [0.29, 0.717) is 67.8 Å². The molecule has 0 saturated carbocycles. The molecule has 1 aromatic carbocycles. The molecule has 2 saturated heterocycles. The third-order valence-electron chi connectivity index (χ3n) is 6.29. The van der Waals surface area contributed by atoms with Gasteiger partial charge in [-0.25, -0.2) is 4.98 Å². The van der Waals surface area contributed by atoms with E-state index in [4.69, 9.17) is 19.4 Å². The number of ether oxygens (including phenoxy) is 2. The minimum atomic E-state index is -0.817. The van der Waals surface area contributed by atoms with Crippen LogP contribution in [-0.2, 0) is 9.59 Å². The zero-order valence-electron chi connectivity index (χ0n) is 18.3. The number of anilines is 2. The number of fused-ring (bicyclic) bond motifs is 1. The quantitative estimate of drug-likeness (QED) is 0.685. The number of benzene rings is 1. The number of hydrogen-bond donors (Lipinski definition) is 2.